The molecule has 0 saturated heterocycles. The standard InChI is InChI=1S/C13H15ClFN3/c1-8-12(7-16-2)18(3)17-13(8)10-6-9(14)4-5-11(10)15/h4-6,16H,7H2,1-3H3. The van der Waals surface area contributed by atoms with E-state index < -0.39 is 0 Å². The number of rotatable bonds is 3. The highest BCUT2D eigenvalue weighted by Gasteiger charge is 2.16. The Morgan fingerprint density at radius 3 is 2.83 bits per heavy atom. The van der Waals surface area contributed by atoms with Crippen molar-refractivity contribution in [2.24, 2.45) is 7.05 Å². The van der Waals surface area contributed by atoms with E-state index in [0.29, 0.717) is 22.8 Å². The fourth-order valence-electron chi connectivity index (χ4n) is 2.01. The predicted molar refractivity (Wildman–Crippen MR) is 71.1 cm³/mol. The van der Waals surface area contributed by atoms with E-state index in [1.54, 1.807) is 10.7 Å². The fraction of sp³-hybridized carbons (Fsp3) is 0.308. The topological polar surface area (TPSA) is 29.9 Å². The Kier molecular flexibility index (Phi) is 3.68. The molecule has 18 heavy (non-hydrogen) atoms. The van der Waals surface area contributed by atoms with Crippen molar-refractivity contribution in [1.82, 2.24) is 15.1 Å². The summed E-state index contributed by atoms with van der Waals surface area (Å²) in [7, 11) is 3.72. The van der Waals surface area contributed by atoms with Gasteiger partial charge in [-0.15, -0.1) is 0 Å². The van der Waals surface area contributed by atoms with Crippen LogP contribution in [-0.4, -0.2) is 16.8 Å². The lowest BCUT2D eigenvalue weighted by atomic mass is 10.1. The molecule has 0 radical (unpaired) electrons. The summed E-state index contributed by atoms with van der Waals surface area (Å²) in [6.45, 7) is 2.63. The van der Waals surface area contributed by atoms with Crippen LogP contribution in [0.5, 0.6) is 0 Å². The molecule has 96 valence electrons. The van der Waals surface area contributed by atoms with E-state index in [9.17, 15) is 4.39 Å². The van der Waals surface area contributed by atoms with Crippen LogP contribution in [0.3, 0.4) is 0 Å². The molecular formula is C13H15ClFN3. The zero-order chi connectivity index (χ0) is 13.3. The van der Waals surface area contributed by atoms with Gasteiger partial charge in [0.05, 0.1) is 11.4 Å². The number of nitrogens with one attached hydrogen (secondary N) is 1. The molecule has 1 heterocycles. The molecule has 1 aromatic carbocycles. The van der Waals surface area contributed by atoms with E-state index in [4.69, 9.17) is 11.6 Å². The summed E-state index contributed by atoms with van der Waals surface area (Å²) >= 11 is 5.91. The van der Waals surface area contributed by atoms with Gasteiger partial charge in [0.2, 0.25) is 0 Å². The first-order valence-corrected chi connectivity index (χ1v) is 6.05. The molecule has 0 bridgehead atoms. The molecular weight excluding hydrogens is 253 g/mol. The third kappa shape index (κ3) is 2.26. The Morgan fingerprint density at radius 1 is 1.44 bits per heavy atom. The third-order valence-electron chi connectivity index (χ3n) is 2.96. The number of benzene rings is 1. The van der Waals surface area contributed by atoms with Crippen LogP contribution in [0.1, 0.15) is 11.3 Å². The Morgan fingerprint density at radius 2 is 2.17 bits per heavy atom. The van der Waals surface area contributed by atoms with Gasteiger partial charge in [0, 0.05) is 24.2 Å². The minimum absolute atomic E-state index is 0.309. The maximum absolute atomic E-state index is 13.8. The summed E-state index contributed by atoms with van der Waals surface area (Å²) in [4.78, 5) is 0. The van der Waals surface area contributed by atoms with Crippen LogP contribution in [-0.2, 0) is 13.6 Å². The Labute approximate surface area is 111 Å². The average molecular weight is 268 g/mol. The zero-order valence-corrected chi connectivity index (χ0v) is 11.3. The normalized spacial score (nSPS) is 10.9. The summed E-state index contributed by atoms with van der Waals surface area (Å²) in [5.41, 5.74) is 3.08. The van der Waals surface area contributed by atoms with Gasteiger partial charge in [-0.3, -0.25) is 4.68 Å². The first-order chi connectivity index (χ1) is 8.54. The molecule has 0 aliphatic rings. The highest BCUT2D eigenvalue weighted by atomic mass is 35.5. The maximum Gasteiger partial charge on any atom is 0.132 e. The molecule has 0 saturated carbocycles. The van der Waals surface area contributed by atoms with Crippen LogP contribution >= 0.6 is 11.6 Å². The first-order valence-electron chi connectivity index (χ1n) is 5.67. The Bertz CT molecular complexity index is 578. The van der Waals surface area contributed by atoms with Gasteiger partial charge in [0.15, 0.2) is 0 Å². The SMILES string of the molecule is CNCc1c(C)c(-c2cc(Cl)ccc2F)nn1C. The van der Waals surface area contributed by atoms with Gasteiger partial charge in [-0.05, 0) is 37.7 Å². The monoisotopic (exact) mass is 267 g/mol. The van der Waals surface area contributed by atoms with E-state index in [0.717, 1.165) is 11.3 Å². The van der Waals surface area contributed by atoms with E-state index in [1.165, 1.54) is 12.1 Å². The zero-order valence-electron chi connectivity index (χ0n) is 10.6. The Hall–Kier alpha value is -1.39. The minimum atomic E-state index is -0.309. The van der Waals surface area contributed by atoms with Crippen molar-refractivity contribution in [3.05, 3.63) is 40.3 Å². The molecule has 2 rings (SSSR count). The summed E-state index contributed by atoms with van der Waals surface area (Å²) in [6, 6.07) is 4.51. The van der Waals surface area contributed by atoms with Crippen LogP contribution in [0.4, 0.5) is 4.39 Å². The molecule has 3 nitrogen and oxygen atoms in total. The van der Waals surface area contributed by atoms with Crippen molar-refractivity contribution in [2.45, 2.75) is 13.5 Å². The van der Waals surface area contributed by atoms with Crippen molar-refractivity contribution in [3.63, 3.8) is 0 Å². The number of hydrogen-bond donors (Lipinski definition) is 1. The highest BCUT2D eigenvalue weighted by Crippen LogP contribution is 2.29. The number of aryl methyl sites for hydroxylation is 1. The molecule has 0 spiro atoms. The molecule has 0 atom stereocenters. The molecule has 0 fully saturated rings. The van der Waals surface area contributed by atoms with Gasteiger partial charge in [0.25, 0.3) is 0 Å². The van der Waals surface area contributed by atoms with Crippen LogP contribution in [0.2, 0.25) is 5.02 Å². The molecule has 0 aliphatic heterocycles. The number of halogens is 2. The lowest BCUT2D eigenvalue weighted by molar-refractivity contribution is 0.629. The van der Waals surface area contributed by atoms with Crippen molar-refractivity contribution in [3.8, 4) is 11.3 Å². The average Bonchev–Trinajstić information content (AvgIpc) is 2.61. The summed E-state index contributed by atoms with van der Waals surface area (Å²) < 4.78 is 15.6. The highest BCUT2D eigenvalue weighted by molar-refractivity contribution is 6.30. The largest absolute Gasteiger partial charge is 0.314 e. The lowest BCUT2D eigenvalue weighted by Crippen LogP contribution is -2.10. The summed E-state index contributed by atoms with van der Waals surface area (Å²) in [5.74, 6) is -0.309. The summed E-state index contributed by atoms with van der Waals surface area (Å²) in [6.07, 6.45) is 0. The number of aromatic nitrogens is 2. The second kappa shape index (κ2) is 5.08. The lowest BCUT2D eigenvalue weighted by Gasteiger charge is -2.03. The van der Waals surface area contributed by atoms with Gasteiger partial charge in [0.1, 0.15) is 5.82 Å². The molecule has 2 aromatic rings. The minimum Gasteiger partial charge on any atom is -0.314 e. The second-order valence-corrected chi connectivity index (χ2v) is 4.63. The maximum atomic E-state index is 13.8. The second-order valence-electron chi connectivity index (χ2n) is 4.20. The van der Waals surface area contributed by atoms with Crippen molar-refractivity contribution in [1.29, 1.82) is 0 Å². The third-order valence-corrected chi connectivity index (χ3v) is 3.19. The molecule has 0 aliphatic carbocycles. The molecule has 1 aromatic heterocycles. The van der Waals surface area contributed by atoms with E-state index >= 15 is 0 Å². The molecule has 1 N–H and O–H groups in total. The van der Waals surface area contributed by atoms with Crippen LogP contribution in [0.15, 0.2) is 18.2 Å². The van der Waals surface area contributed by atoms with Gasteiger partial charge in [-0.2, -0.15) is 5.10 Å². The predicted octanol–water partition coefficient (Wildman–Crippen LogP) is 2.91. The van der Waals surface area contributed by atoms with Crippen molar-refractivity contribution >= 4 is 11.6 Å². The number of nitrogens with zero attached hydrogens (tertiary/aromatic N) is 2. The van der Waals surface area contributed by atoms with E-state index in [2.05, 4.69) is 10.4 Å². The molecule has 0 amide bonds. The van der Waals surface area contributed by atoms with Crippen LogP contribution in [0.25, 0.3) is 11.3 Å². The quantitative estimate of drug-likeness (QED) is 0.927. The van der Waals surface area contributed by atoms with Gasteiger partial charge >= 0.3 is 0 Å². The van der Waals surface area contributed by atoms with Gasteiger partial charge in [-0.1, -0.05) is 11.6 Å². The van der Waals surface area contributed by atoms with E-state index in [-0.39, 0.29) is 5.82 Å². The van der Waals surface area contributed by atoms with Gasteiger partial charge < -0.3 is 5.32 Å². The fourth-order valence-corrected chi connectivity index (χ4v) is 2.19. The smallest absolute Gasteiger partial charge is 0.132 e. The van der Waals surface area contributed by atoms with Crippen LogP contribution < -0.4 is 5.32 Å². The van der Waals surface area contributed by atoms with Crippen molar-refractivity contribution in [2.75, 3.05) is 7.05 Å². The molecule has 0 unspecified atom stereocenters. The van der Waals surface area contributed by atoms with Crippen LogP contribution in [0, 0.1) is 12.7 Å². The van der Waals surface area contributed by atoms with Crippen molar-refractivity contribution < 1.29 is 4.39 Å². The van der Waals surface area contributed by atoms with E-state index in [1.807, 2.05) is 21.0 Å². The van der Waals surface area contributed by atoms with Gasteiger partial charge in [-0.25, -0.2) is 4.39 Å². The Balaban J connectivity index is 2.57. The number of hydrogen-bond acceptors (Lipinski definition) is 2. The summed E-state index contributed by atoms with van der Waals surface area (Å²) in [5, 5.41) is 7.96. The first kappa shape index (κ1) is 13.1. The molecule has 5 heteroatoms.